The highest BCUT2D eigenvalue weighted by Gasteiger charge is 2.13. The van der Waals surface area contributed by atoms with Crippen LogP contribution in [0.3, 0.4) is 0 Å². The lowest BCUT2D eigenvalue weighted by molar-refractivity contribution is 0.601. The summed E-state index contributed by atoms with van der Waals surface area (Å²) in [6.45, 7) is 0. The molecule has 0 N–H and O–H groups in total. The Kier molecular flexibility index (Phi) is 3.01. The summed E-state index contributed by atoms with van der Waals surface area (Å²) in [5.41, 5.74) is 1.51. The van der Waals surface area contributed by atoms with Crippen molar-refractivity contribution in [2.75, 3.05) is 6.26 Å². The van der Waals surface area contributed by atoms with Crippen LogP contribution in [-0.4, -0.2) is 19.7 Å². The summed E-state index contributed by atoms with van der Waals surface area (Å²) in [5, 5.41) is 2.36. The Bertz CT molecular complexity index is 602. The lowest BCUT2D eigenvalue weighted by Gasteiger charge is -1.95. The molecule has 0 saturated carbocycles. The third-order valence-corrected chi connectivity index (χ3v) is 4.75. The largest absolute Gasteiger partial charge is 0.225 e. The number of rotatable bonds is 2. The second-order valence-electron chi connectivity index (χ2n) is 3.28. The van der Waals surface area contributed by atoms with Crippen LogP contribution in [0.25, 0.3) is 11.3 Å². The molecule has 0 saturated heterocycles. The van der Waals surface area contributed by atoms with Gasteiger partial charge in [0.1, 0.15) is 0 Å². The fourth-order valence-electron chi connectivity index (χ4n) is 1.18. The van der Waals surface area contributed by atoms with Crippen LogP contribution in [0.2, 0.25) is 5.02 Å². The van der Waals surface area contributed by atoms with Crippen LogP contribution in [0.5, 0.6) is 0 Å². The van der Waals surface area contributed by atoms with Crippen molar-refractivity contribution in [2.24, 2.45) is 0 Å². The minimum Gasteiger partial charge on any atom is -0.225 e. The molecule has 1 aromatic heterocycles. The van der Waals surface area contributed by atoms with Gasteiger partial charge in [-0.25, -0.2) is 13.4 Å². The van der Waals surface area contributed by atoms with E-state index in [-0.39, 0.29) is 4.34 Å². The highest BCUT2D eigenvalue weighted by atomic mass is 35.5. The number of nitrogens with zero attached hydrogens (tertiary/aromatic N) is 1. The minimum absolute atomic E-state index is 0.137. The molecular formula is C10H8ClNO2S2. The van der Waals surface area contributed by atoms with Gasteiger partial charge in [0.15, 0.2) is 0 Å². The molecule has 0 spiro atoms. The number of thiazole rings is 1. The van der Waals surface area contributed by atoms with Crippen molar-refractivity contribution in [1.82, 2.24) is 4.98 Å². The first kappa shape index (κ1) is 11.6. The minimum atomic E-state index is -3.22. The Morgan fingerprint density at radius 3 is 2.38 bits per heavy atom. The molecular weight excluding hydrogens is 266 g/mol. The Labute approximate surface area is 103 Å². The summed E-state index contributed by atoms with van der Waals surface area (Å²) in [6.07, 6.45) is 1.15. The number of hydrogen-bond donors (Lipinski definition) is 0. The van der Waals surface area contributed by atoms with E-state index in [9.17, 15) is 8.42 Å². The van der Waals surface area contributed by atoms with Crippen LogP contribution in [0, 0.1) is 0 Å². The van der Waals surface area contributed by atoms with Gasteiger partial charge in [0.25, 0.3) is 0 Å². The molecule has 0 fully saturated rings. The molecule has 0 bridgehead atoms. The zero-order valence-corrected chi connectivity index (χ0v) is 10.7. The summed E-state index contributed by atoms with van der Waals surface area (Å²) in [6, 6.07) is 7.11. The summed E-state index contributed by atoms with van der Waals surface area (Å²) < 4.78 is 22.7. The first-order chi connectivity index (χ1) is 7.47. The molecule has 2 rings (SSSR count). The van der Waals surface area contributed by atoms with Gasteiger partial charge in [-0.3, -0.25) is 0 Å². The van der Waals surface area contributed by atoms with Gasteiger partial charge in [-0.15, -0.1) is 11.3 Å². The second kappa shape index (κ2) is 4.16. The molecule has 2 aromatic rings. The molecule has 1 aromatic carbocycles. The normalized spacial score (nSPS) is 11.6. The zero-order chi connectivity index (χ0) is 11.8. The number of aromatic nitrogens is 1. The van der Waals surface area contributed by atoms with Crippen LogP contribution in [-0.2, 0) is 9.84 Å². The predicted molar refractivity (Wildman–Crippen MR) is 65.7 cm³/mol. The zero-order valence-electron chi connectivity index (χ0n) is 8.34. The lowest BCUT2D eigenvalue weighted by Crippen LogP contribution is -1.95. The molecule has 0 radical (unpaired) electrons. The second-order valence-corrected chi connectivity index (χ2v) is 6.76. The molecule has 0 aliphatic carbocycles. The molecule has 84 valence electrons. The highest BCUT2D eigenvalue weighted by Crippen LogP contribution is 2.25. The van der Waals surface area contributed by atoms with E-state index in [0.717, 1.165) is 23.2 Å². The molecule has 0 aliphatic heterocycles. The topological polar surface area (TPSA) is 47.0 Å². The van der Waals surface area contributed by atoms with Crippen molar-refractivity contribution in [3.05, 3.63) is 34.7 Å². The molecule has 0 aliphatic rings. The van der Waals surface area contributed by atoms with Crippen molar-refractivity contribution in [1.29, 1.82) is 0 Å². The molecule has 0 unspecified atom stereocenters. The average molecular weight is 274 g/mol. The van der Waals surface area contributed by atoms with Crippen molar-refractivity contribution >= 4 is 32.8 Å². The predicted octanol–water partition coefficient (Wildman–Crippen LogP) is 2.87. The lowest BCUT2D eigenvalue weighted by atomic mass is 10.2. The maximum Gasteiger partial charge on any atom is 0.209 e. The fraction of sp³-hybridized carbons (Fsp3) is 0.100. The average Bonchev–Trinajstić information content (AvgIpc) is 2.67. The summed E-state index contributed by atoms with van der Waals surface area (Å²) in [4.78, 5) is 4.07. The molecule has 3 nitrogen and oxygen atoms in total. The Balaban J connectivity index is 2.43. The van der Waals surface area contributed by atoms with E-state index in [4.69, 9.17) is 11.6 Å². The molecule has 0 atom stereocenters. The number of benzene rings is 1. The third-order valence-electron chi connectivity index (χ3n) is 1.94. The number of hydrogen-bond acceptors (Lipinski definition) is 4. The molecule has 1 heterocycles. The van der Waals surface area contributed by atoms with Gasteiger partial charge in [-0.1, -0.05) is 23.7 Å². The van der Waals surface area contributed by atoms with Crippen molar-refractivity contribution in [3.63, 3.8) is 0 Å². The van der Waals surface area contributed by atoms with Crippen LogP contribution in [0.15, 0.2) is 34.0 Å². The van der Waals surface area contributed by atoms with Crippen LogP contribution in [0.1, 0.15) is 0 Å². The molecule has 6 heteroatoms. The fourth-order valence-corrected chi connectivity index (χ4v) is 2.97. The summed E-state index contributed by atoms with van der Waals surface area (Å²) in [5.74, 6) is 0. The third kappa shape index (κ3) is 2.42. The van der Waals surface area contributed by atoms with E-state index >= 15 is 0 Å². The molecule has 16 heavy (non-hydrogen) atoms. The van der Waals surface area contributed by atoms with Gasteiger partial charge in [-0.05, 0) is 12.1 Å². The Morgan fingerprint density at radius 1 is 1.25 bits per heavy atom. The van der Waals surface area contributed by atoms with E-state index in [0.29, 0.717) is 10.7 Å². The van der Waals surface area contributed by atoms with Gasteiger partial charge < -0.3 is 0 Å². The van der Waals surface area contributed by atoms with Crippen molar-refractivity contribution < 1.29 is 8.42 Å². The smallest absolute Gasteiger partial charge is 0.209 e. The summed E-state index contributed by atoms with van der Waals surface area (Å²) >= 11 is 6.89. The number of sulfone groups is 1. The number of halogens is 1. The maximum absolute atomic E-state index is 11.3. The van der Waals surface area contributed by atoms with E-state index in [2.05, 4.69) is 4.98 Å². The van der Waals surface area contributed by atoms with Gasteiger partial charge in [0.05, 0.1) is 5.69 Å². The van der Waals surface area contributed by atoms with E-state index < -0.39 is 9.84 Å². The Hall–Kier alpha value is -0.910. The van der Waals surface area contributed by atoms with Gasteiger partial charge >= 0.3 is 0 Å². The van der Waals surface area contributed by atoms with Crippen LogP contribution in [0.4, 0.5) is 0 Å². The van der Waals surface area contributed by atoms with Gasteiger partial charge in [0, 0.05) is 22.2 Å². The standard InChI is InChI=1S/C10H8ClNO2S2/c1-16(13,14)10-12-9(6-15-10)7-2-4-8(11)5-3-7/h2-6H,1H3. The quantitative estimate of drug-likeness (QED) is 0.845. The van der Waals surface area contributed by atoms with Crippen LogP contribution >= 0.6 is 22.9 Å². The summed E-state index contributed by atoms with van der Waals surface area (Å²) in [7, 11) is -3.22. The van der Waals surface area contributed by atoms with Gasteiger partial charge in [0.2, 0.25) is 14.2 Å². The van der Waals surface area contributed by atoms with E-state index in [1.807, 2.05) is 12.1 Å². The first-order valence-corrected chi connectivity index (χ1v) is 7.53. The highest BCUT2D eigenvalue weighted by molar-refractivity contribution is 7.92. The monoisotopic (exact) mass is 273 g/mol. The van der Waals surface area contributed by atoms with E-state index in [1.54, 1.807) is 17.5 Å². The Morgan fingerprint density at radius 2 is 1.88 bits per heavy atom. The van der Waals surface area contributed by atoms with Gasteiger partial charge in [-0.2, -0.15) is 0 Å². The maximum atomic E-state index is 11.3. The van der Waals surface area contributed by atoms with Crippen molar-refractivity contribution in [3.8, 4) is 11.3 Å². The van der Waals surface area contributed by atoms with Crippen LogP contribution < -0.4 is 0 Å². The molecule has 0 amide bonds. The van der Waals surface area contributed by atoms with Crippen molar-refractivity contribution in [2.45, 2.75) is 4.34 Å². The first-order valence-electron chi connectivity index (χ1n) is 4.38. The van der Waals surface area contributed by atoms with E-state index in [1.165, 1.54) is 0 Å². The SMILES string of the molecule is CS(=O)(=O)c1nc(-c2ccc(Cl)cc2)cs1.